The van der Waals surface area contributed by atoms with Crippen LogP contribution < -0.4 is 10.1 Å². The fourth-order valence-corrected chi connectivity index (χ4v) is 5.07. The highest BCUT2D eigenvalue weighted by Gasteiger charge is 2.53. The maximum Gasteiger partial charge on any atom is 0.325 e. The molecule has 6 heteroatoms. The van der Waals surface area contributed by atoms with Crippen molar-refractivity contribution in [3.8, 4) is 5.75 Å². The maximum atomic E-state index is 13.2. The van der Waals surface area contributed by atoms with Crippen LogP contribution in [0, 0.1) is 11.3 Å². The van der Waals surface area contributed by atoms with Gasteiger partial charge in [-0.05, 0) is 59.9 Å². The van der Waals surface area contributed by atoms with Gasteiger partial charge in [-0.3, -0.25) is 9.69 Å². The van der Waals surface area contributed by atoms with Crippen molar-refractivity contribution < 1.29 is 19.4 Å². The van der Waals surface area contributed by atoms with E-state index in [9.17, 15) is 14.7 Å². The summed E-state index contributed by atoms with van der Waals surface area (Å²) >= 11 is 0. The average Bonchev–Trinajstić information content (AvgIpc) is 3.01. The molecule has 1 aliphatic carbocycles. The second kappa shape index (κ2) is 8.74. The van der Waals surface area contributed by atoms with Gasteiger partial charge < -0.3 is 15.2 Å². The molecule has 1 saturated carbocycles. The first-order valence-electron chi connectivity index (χ1n) is 11.7. The second-order valence-electron chi connectivity index (χ2n) is 10.0. The van der Waals surface area contributed by atoms with Gasteiger partial charge in [0.1, 0.15) is 24.0 Å². The number of imide groups is 1. The van der Waals surface area contributed by atoms with Crippen LogP contribution in [0.4, 0.5) is 4.79 Å². The van der Waals surface area contributed by atoms with Crippen molar-refractivity contribution in [2.75, 3.05) is 13.2 Å². The summed E-state index contributed by atoms with van der Waals surface area (Å²) in [7, 11) is 0. The number of fused-ring (bicyclic) bond motifs is 1. The van der Waals surface area contributed by atoms with E-state index in [4.69, 9.17) is 4.74 Å². The zero-order valence-electron chi connectivity index (χ0n) is 19.3. The van der Waals surface area contributed by atoms with Crippen LogP contribution in [0.5, 0.6) is 5.75 Å². The van der Waals surface area contributed by atoms with Crippen LogP contribution in [0.2, 0.25) is 0 Å². The Hall–Kier alpha value is -2.60. The number of urea groups is 1. The van der Waals surface area contributed by atoms with Crippen molar-refractivity contribution in [1.82, 2.24) is 10.2 Å². The zero-order valence-corrected chi connectivity index (χ0v) is 19.3. The second-order valence-corrected chi connectivity index (χ2v) is 10.0. The number of ether oxygens (including phenoxy) is 1. The lowest BCUT2D eigenvalue weighted by atomic mass is 9.65. The van der Waals surface area contributed by atoms with E-state index in [1.54, 1.807) is 0 Å². The van der Waals surface area contributed by atoms with Crippen molar-refractivity contribution in [1.29, 1.82) is 0 Å². The molecule has 1 spiro atoms. The fraction of sp³-hybridized carbons (Fsp3) is 0.538. The third kappa shape index (κ3) is 4.33. The van der Waals surface area contributed by atoms with Gasteiger partial charge in [0, 0.05) is 0 Å². The quantitative estimate of drug-likeness (QED) is 0.624. The molecule has 2 N–H and O–H groups in total. The van der Waals surface area contributed by atoms with Crippen LogP contribution in [-0.2, 0) is 4.79 Å². The first kappa shape index (κ1) is 22.6. The maximum absolute atomic E-state index is 13.2. The minimum atomic E-state index is -0.957. The lowest BCUT2D eigenvalue weighted by Gasteiger charge is -2.42. The van der Waals surface area contributed by atoms with Gasteiger partial charge in [-0.25, -0.2) is 4.79 Å². The molecule has 4 rings (SSSR count). The standard InChI is InChI=1S/C26H34N2O4/c1-4-25(2,3)20-11-13-26(14-12-20)23(30)28(24(31)27-26)16-21(29)17-32-22-10-9-18-7-5-6-8-19(18)15-22/h5-10,15,20-21,29H,4,11-14,16-17H2,1-3H3,(H,27,31). The number of aliphatic hydroxyl groups is 1. The number of carbonyl (C=O) groups is 2. The van der Waals surface area contributed by atoms with E-state index in [0.29, 0.717) is 24.5 Å². The summed E-state index contributed by atoms with van der Waals surface area (Å²) in [5.74, 6) is 0.992. The van der Waals surface area contributed by atoms with E-state index >= 15 is 0 Å². The number of β-amino-alcohol motifs (C(OH)–C–C–N with tert-alkyl or cyclic N) is 1. The minimum absolute atomic E-state index is 0.00909. The van der Waals surface area contributed by atoms with Crippen LogP contribution in [0.1, 0.15) is 52.9 Å². The number of aliphatic hydroxyl groups excluding tert-OH is 1. The predicted molar refractivity (Wildman–Crippen MR) is 124 cm³/mol. The summed E-state index contributed by atoms with van der Waals surface area (Å²) in [5.41, 5.74) is -0.570. The molecule has 0 bridgehead atoms. The molecule has 6 nitrogen and oxygen atoms in total. The third-order valence-electron chi connectivity index (χ3n) is 7.66. The molecular weight excluding hydrogens is 404 g/mol. The van der Waals surface area contributed by atoms with E-state index < -0.39 is 17.7 Å². The molecule has 2 aromatic carbocycles. The van der Waals surface area contributed by atoms with Crippen LogP contribution >= 0.6 is 0 Å². The highest BCUT2D eigenvalue weighted by atomic mass is 16.5. The fourth-order valence-electron chi connectivity index (χ4n) is 5.07. The SMILES string of the molecule is CCC(C)(C)C1CCC2(CC1)NC(=O)N(CC(O)COc1ccc3ccccc3c1)C2=O. The van der Waals surface area contributed by atoms with Gasteiger partial charge in [0.25, 0.3) is 5.91 Å². The summed E-state index contributed by atoms with van der Waals surface area (Å²) in [6, 6.07) is 13.3. The Kier molecular flexibility index (Phi) is 6.17. The molecule has 1 aliphatic heterocycles. The Morgan fingerprint density at radius 1 is 1.16 bits per heavy atom. The van der Waals surface area contributed by atoms with Gasteiger partial charge in [0.05, 0.1) is 6.54 Å². The summed E-state index contributed by atoms with van der Waals surface area (Å²) < 4.78 is 5.74. The monoisotopic (exact) mass is 438 g/mol. The molecule has 0 radical (unpaired) electrons. The van der Waals surface area contributed by atoms with E-state index in [1.807, 2.05) is 42.5 Å². The van der Waals surface area contributed by atoms with E-state index in [-0.39, 0.29) is 24.5 Å². The Morgan fingerprint density at radius 3 is 2.53 bits per heavy atom. The Labute approximate surface area is 189 Å². The van der Waals surface area contributed by atoms with E-state index in [1.165, 1.54) is 4.90 Å². The molecule has 1 atom stereocenters. The summed E-state index contributed by atoms with van der Waals surface area (Å²) in [6.45, 7) is 6.71. The van der Waals surface area contributed by atoms with E-state index in [0.717, 1.165) is 30.0 Å². The molecular formula is C26H34N2O4. The number of nitrogens with one attached hydrogen (secondary N) is 1. The molecule has 2 aliphatic rings. The highest BCUT2D eigenvalue weighted by Crippen LogP contribution is 2.45. The van der Waals surface area contributed by atoms with Crippen LogP contribution in [0.15, 0.2) is 42.5 Å². The van der Waals surface area contributed by atoms with Gasteiger partial charge in [0.15, 0.2) is 0 Å². The number of hydrogen-bond donors (Lipinski definition) is 2. The number of amides is 3. The first-order valence-corrected chi connectivity index (χ1v) is 11.7. The molecule has 1 saturated heterocycles. The molecule has 1 unspecified atom stereocenters. The molecule has 0 aromatic heterocycles. The zero-order chi connectivity index (χ0) is 22.9. The molecule has 2 fully saturated rings. The Balaban J connectivity index is 1.34. The lowest BCUT2D eigenvalue weighted by molar-refractivity contribution is -0.134. The van der Waals surface area contributed by atoms with Crippen molar-refractivity contribution in [2.45, 2.75) is 64.5 Å². The predicted octanol–water partition coefficient (Wildman–Crippen LogP) is 4.50. The normalized spacial score (nSPS) is 24.8. The average molecular weight is 439 g/mol. The minimum Gasteiger partial charge on any atom is -0.491 e. The van der Waals surface area contributed by atoms with Crippen LogP contribution in [0.3, 0.4) is 0 Å². The van der Waals surface area contributed by atoms with Crippen molar-refractivity contribution in [2.24, 2.45) is 11.3 Å². The summed E-state index contributed by atoms with van der Waals surface area (Å²) in [4.78, 5) is 26.9. The third-order valence-corrected chi connectivity index (χ3v) is 7.66. The molecule has 32 heavy (non-hydrogen) atoms. The summed E-state index contributed by atoms with van der Waals surface area (Å²) in [6.07, 6.45) is 3.31. The molecule has 172 valence electrons. The van der Waals surface area contributed by atoms with Crippen molar-refractivity contribution in [3.63, 3.8) is 0 Å². The van der Waals surface area contributed by atoms with Crippen LogP contribution in [0.25, 0.3) is 10.8 Å². The number of nitrogens with zero attached hydrogens (tertiary/aromatic N) is 1. The largest absolute Gasteiger partial charge is 0.491 e. The van der Waals surface area contributed by atoms with Gasteiger partial charge in [0.2, 0.25) is 0 Å². The molecule has 2 aromatic rings. The van der Waals surface area contributed by atoms with Crippen LogP contribution in [-0.4, -0.2) is 46.7 Å². The van der Waals surface area contributed by atoms with Crippen molar-refractivity contribution >= 4 is 22.7 Å². The van der Waals surface area contributed by atoms with E-state index in [2.05, 4.69) is 26.1 Å². The van der Waals surface area contributed by atoms with Gasteiger partial charge in [-0.1, -0.05) is 57.5 Å². The smallest absolute Gasteiger partial charge is 0.325 e. The Bertz CT molecular complexity index is 994. The number of carbonyl (C=O) groups excluding carboxylic acids is 2. The van der Waals surface area contributed by atoms with Crippen molar-refractivity contribution in [3.05, 3.63) is 42.5 Å². The number of rotatable bonds is 7. The summed E-state index contributed by atoms with van der Waals surface area (Å²) in [5, 5.41) is 15.6. The number of benzene rings is 2. The highest BCUT2D eigenvalue weighted by molar-refractivity contribution is 6.07. The van der Waals surface area contributed by atoms with Gasteiger partial charge >= 0.3 is 6.03 Å². The first-order chi connectivity index (χ1) is 15.2. The Morgan fingerprint density at radius 2 is 1.84 bits per heavy atom. The topological polar surface area (TPSA) is 78.9 Å². The number of hydrogen-bond acceptors (Lipinski definition) is 4. The molecule has 1 heterocycles. The van der Waals surface area contributed by atoms with Gasteiger partial charge in [-0.15, -0.1) is 0 Å². The lowest BCUT2D eigenvalue weighted by Crippen LogP contribution is -2.51. The molecule has 3 amide bonds. The van der Waals surface area contributed by atoms with Gasteiger partial charge in [-0.2, -0.15) is 0 Å².